The number of hydrogen-bond acceptors (Lipinski definition) is 1. The molecule has 0 aromatic carbocycles. The molecule has 0 N–H and O–H groups in total. The molecule has 0 aliphatic rings. The van der Waals surface area contributed by atoms with Gasteiger partial charge in [0.1, 0.15) is 0 Å². The Bertz CT molecular complexity index is 231. The number of rotatable bonds is 3. The van der Waals surface area contributed by atoms with E-state index in [4.69, 9.17) is 2.69 Å². The monoisotopic (exact) mass is 370 g/mol. The molecule has 70 valence electrons. The van der Waals surface area contributed by atoms with Crippen LogP contribution in [0.2, 0.25) is 0 Å². The van der Waals surface area contributed by atoms with Crippen molar-refractivity contribution in [3.8, 4) is 0 Å². The molecule has 0 spiro atoms. The van der Waals surface area contributed by atoms with E-state index in [-0.39, 0.29) is 5.41 Å². The third-order valence-electron chi connectivity index (χ3n) is 1.81. The summed E-state index contributed by atoms with van der Waals surface area (Å²) in [6.07, 6.45) is 5.94. The van der Waals surface area contributed by atoms with Crippen LogP contribution in [-0.4, -0.2) is 26.2 Å². The van der Waals surface area contributed by atoms with Gasteiger partial charge in [0.25, 0.3) is 0 Å². The minimum absolute atomic E-state index is 0.173. The molecule has 0 aliphatic heterocycles. The average Bonchev–Trinajstić information content (AvgIpc) is 2.04. The van der Waals surface area contributed by atoms with Crippen LogP contribution in [0.4, 0.5) is 0 Å². The van der Waals surface area contributed by atoms with Crippen molar-refractivity contribution >= 4 is 26.2 Å². The van der Waals surface area contributed by atoms with Gasteiger partial charge in [0, 0.05) is 0 Å². The second-order valence-electron chi connectivity index (χ2n) is 3.86. The zero-order valence-electron chi connectivity index (χ0n) is 8.92. The van der Waals surface area contributed by atoms with Crippen LogP contribution in [0.5, 0.6) is 0 Å². The molecule has 0 amide bonds. The molecule has 13 heavy (non-hydrogen) atoms. The predicted molar refractivity (Wildman–Crippen MR) is 58.3 cm³/mol. The fourth-order valence-corrected chi connectivity index (χ4v) is 1.67. The van der Waals surface area contributed by atoms with E-state index >= 15 is 0 Å². The van der Waals surface area contributed by atoms with Gasteiger partial charge in [0.2, 0.25) is 0 Å². The van der Waals surface area contributed by atoms with Gasteiger partial charge in [-0.15, -0.1) is 0 Å². The molecule has 0 fully saturated rings. The second kappa shape index (κ2) is 5.63. The molecule has 0 atom stereocenters. The van der Waals surface area contributed by atoms with Crippen molar-refractivity contribution in [1.82, 2.24) is 0 Å². The van der Waals surface area contributed by atoms with Crippen molar-refractivity contribution in [3.05, 3.63) is 36.1 Å². The van der Waals surface area contributed by atoms with Gasteiger partial charge < -0.3 is 0 Å². The van der Waals surface area contributed by atoms with Crippen molar-refractivity contribution in [2.75, 3.05) is 0 Å². The molecule has 1 nitrogen and oxygen atoms in total. The SMILES string of the molecule is C=C/C(=C\C(=C/C)C(C)(C)C)[O][Tl]. The first-order chi connectivity index (χ1) is 5.95. The maximum atomic E-state index is 5.30. The third-order valence-corrected chi connectivity index (χ3v) is 2.87. The summed E-state index contributed by atoms with van der Waals surface area (Å²) in [5.41, 5.74) is 1.45. The summed E-state index contributed by atoms with van der Waals surface area (Å²) in [5.74, 6) is 0.882. The summed E-state index contributed by atoms with van der Waals surface area (Å²) >= 11 is 0.521. The molecule has 0 saturated carbocycles. The van der Waals surface area contributed by atoms with Crippen LogP contribution in [-0.2, 0) is 2.69 Å². The molecule has 0 bridgehead atoms. The molecule has 0 aliphatic carbocycles. The average molecular weight is 370 g/mol. The van der Waals surface area contributed by atoms with E-state index in [9.17, 15) is 0 Å². The number of hydrogen-bond donors (Lipinski definition) is 0. The summed E-state index contributed by atoms with van der Waals surface area (Å²) in [5, 5.41) is 0. The Kier molecular flexibility index (Phi) is 5.60. The van der Waals surface area contributed by atoms with Gasteiger partial charge in [-0.25, -0.2) is 0 Å². The van der Waals surface area contributed by atoms with Crippen LogP contribution in [0.1, 0.15) is 27.7 Å². The van der Waals surface area contributed by atoms with Crippen molar-refractivity contribution < 1.29 is 2.69 Å². The van der Waals surface area contributed by atoms with E-state index in [1.807, 2.05) is 6.92 Å². The Morgan fingerprint density at radius 1 is 1.38 bits per heavy atom. The Balaban J connectivity index is 4.84. The Morgan fingerprint density at radius 3 is 2.15 bits per heavy atom. The molecule has 0 saturated heterocycles. The van der Waals surface area contributed by atoms with Crippen LogP contribution in [0.15, 0.2) is 36.1 Å². The molecular weight excluding hydrogens is 353 g/mol. The number of allylic oxidation sites excluding steroid dienone is 4. The van der Waals surface area contributed by atoms with Crippen molar-refractivity contribution in [2.24, 2.45) is 5.41 Å². The van der Waals surface area contributed by atoms with Crippen LogP contribution in [0.3, 0.4) is 0 Å². The first-order valence-corrected chi connectivity index (χ1v) is 6.16. The van der Waals surface area contributed by atoms with Crippen molar-refractivity contribution in [1.29, 1.82) is 0 Å². The summed E-state index contributed by atoms with van der Waals surface area (Å²) in [7, 11) is 0. The van der Waals surface area contributed by atoms with Crippen LogP contribution in [0, 0.1) is 5.41 Å². The van der Waals surface area contributed by atoms with Gasteiger partial charge in [-0.3, -0.25) is 0 Å². The first-order valence-electron chi connectivity index (χ1n) is 4.33. The van der Waals surface area contributed by atoms with E-state index in [2.05, 4.69) is 39.5 Å². The van der Waals surface area contributed by atoms with Gasteiger partial charge in [-0.2, -0.15) is 0 Å². The van der Waals surface area contributed by atoms with Gasteiger partial charge in [0.05, 0.1) is 0 Å². The molecular formula is C11H17OTl. The Labute approximate surface area is 97.9 Å². The van der Waals surface area contributed by atoms with Crippen LogP contribution >= 0.6 is 0 Å². The zero-order valence-corrected chi connectivity index (χ0v) is 13.4. The van der Waals surface area contributed by atoms with Crippen LogP contribution < -0.4 is 0 Å². The summed E-state index contributed by atoms with van der Waals surface area (Å²) in [6, 6.07) is 0. The first kappa shape index (κ1) is 12.9. The molecule has 0 aromatic rings. The maximum absolute atomic E-state index is 5.30. The van der Waals surface area contributed by atoms with E-state index in [0.717, 1.165) is 5.76 Å². The molecule has 0 rings (SSSR count). The summed E-state index contributed by atoms with van der Waals surface area (Å²) < 4.78 is 5.30. The minimum atomic E-state index is 0.173. The summed E-state index contributed by atoms with van der Waals surface area (Å²) in [6.45, 7) is 12.3. The summed E-state index contributed by atoms with van der Waals surface area (Å²) in [4.78, 5) is 0. The topological polar surface area (TPSA) is 9.23 Å². The van der Waals surface area contributed by atoms with Gasteiger partial charge in [-0.05, 0) is 0 Å². The van der Waals surface area contributed by atoms with E-state index in [1.54, 1.807) is 6.08 Å². The quantitative estimate of drug-likeness (QED) is 0.422. The Hall–Kier alpha value is -0.0579. The van der Waals surface area contributed by atoms with E-state index < -0.39 is 0 Å². The van der Waals surface area contributed by atoms with Crippen molar-refractivity contribution in [3.63, 3.8) is 0 Å². The van der Waals surface area contributed by atoms with Gasteiger partial charge in [-0.1, -0.05) is 0 Å². The fraction of sp³-hybridized carbons (Fsp3) is 0.455. The normalized spacial score (nSPS) is 14.1. The molecule has 0 aromatic heterocycles. The standard InChI is InChI=1S/C11H18O.Tl/c1-6-9(11(3,4)5)8-10(12)7-2;/h6-8,12H,2H2,1,3-5H3;/q;+1/p-1/b9-6+,10-8+;. The van der Waals surface area contributed by atoms with E-state index in [1.165, 1.54) is 5.57 Å². The molecule has 0 heterocycles. The van der Waals surface area contributed by atoms with Gasteiger partial charge >= 0.3 is 98.2 Å². The third kappa shape index (κ3) is 4.64. The molecule has 0 radical (unpaired) electrons. The van der Waals surface area contributed by atoms with Crippen molar-refractivity contribution in [2.45, 2.75) is 27.7 Å². The van der Waals surface area contributed by atoms with Crippen LogP contribution in [0.25, 0.3) is 0 Å². The molecule has 0 unspecified atom stereocenters. The molecule has 2 heteroatoms. The predicted octanol–water partition coefficient (Wildman–Crippen LogP) is 3.15. The zero-order chi connectivity index (χ0) is 10.5. The second-order valence-corrected chi connectivity index (χ2v) is 4.78. The van der Waals surface area contributed by atoms with E-state index in [0.29, 0.717) is 26.2 Å². The van der Waals surface area contributed by atoms with Gasteiger partial charge in [0.15, 0.2) is 0 Å². The fourth-order valence-electron chi connectivity index (χ4n) is 1.03. The Morgan fingerprint density at radius 2 is 1.92 bits per heavy atom.